The van der Waals surface area contributed by atoms with Crippen LogP contribution in [0.3, 0.4) is 0 Å². The first-order valence-corrected chi connectivity index (χ1v) is 12.3. The normalized spacial score (nSPS) is 27.2. The maximum absolute atomic E-state index is 10.6. The summed E-state index contributed by atoms with van der Waals surface area (Å²) in [5, 5.41) is 10.6. The van der Waals surface area contributed by atoms with E-state index in [1.54, 1.807) is 20.3 Å². The van der Waals surface area contributed by atoms with Crippen LogP contribution in [0, 0.1) is 23.2 Å². The van der Waals surface area contributed by atoms with Gasteiger partial charge in [-0.05, 0) is 54.9 Å². The Labute approximate surface area is 209 Å². The lowest BCUT2D eigenvalue weighted by molar-refractivity contribution is -0.947. The number of ether oxygens (including phenoxy) is 4. The van der Waals surface area contributed by atoms with Crippen LogP contribution in [0.4, 0.5) is 0 Å². The van der Waals surface area contributed by atoms with Crippen molar-refractivity contribution in [2.75, 3.05) is 60.3 Å². The van der Waals surface area contributed by atoms with E-state index in [-0.39, 0.29) is 22.7 Å². The van der Waals surface area contributed by atoms with E-state index in [9.17, 15) is 5.11 Å². The van der Waals surface area contributed by atoms with Crippen LogP contribution in [0.5, 0.6) is 17.2 Å². The van der Waals surface area contributed by atoms with E-state index in [1.807, 2.05) is 6.07 Å². The highest BCUT2D eigenvalue weighted by Crippen LogP contribution is 2.61. The smallest absolute Gasteiger partial charge is 0.164 e. The number of morpholine rings is 1. The van der Waals surface area contributed by atoms with Gasteiger partial charge in [-0.25, -0.2) is 0 Å². The van der Waals surface area contributed by atoms with E-state index >= 15 is 0 Å². The fraction of sp³-hybridized carbons (Fsp3) is 0.769. The second-order valence-electron chi connectivity index (χ2n) is 10.7. The molecule has 5 rings (SSSR count). The summed E-state index contributed by atoms with van der Waals surface area (Å²) in [5.74, 6) is 4.15. The van der Waals surface area contributed by atoms with Crippen molar-refractivity contribution in [3.63, 3.8) is 0 Å². The van der Waals surface area contributed by atoms with Crippen molar-refractivity contribution in [3.05, 3.63) is 17.7 Å². The molecule has 1 aromatic rings. The molecule has 4 fully saturated rings. The molecule has 7 heteroatoms. The number of phenols is 1. The molecule has 1 aromatic carbocycles. The third-order valence-electron chi connectivity index (χ3n) is 8.85. The van der Waals surface area contributed by atoms with Crippen molar-refractivity contribution >= 4 is 0 Å². The first kappa shape index (κ1) is 26.6. The van der Waals surface area contributed by atoms with Gasteiger partial charge < -0.3 is 45.5 Å². The van der Waals surface area contributed by atoms with Crippen molar-refractivity contribution in [2.45, 2.75) is 46.1 Å². The van der Waals surface area contributed by atoms with Gasteiger partial charge in [-0.2, -0.15) is 0 Å². The van der Waals surface area contributed by atoms with Gasteiger partial charge in [-0.15, -0.1) is 0 Å². The zero-order valence-electron chi connectivity index (χ0n) is 20.8. The zero-order chi connectivity index (χ0) is 22.8. The molecule has 1 aliphatic heterocycles. The fourth-order valence-corrected chi connectivity index (χ4v) is 6.49. The van der Waals surface area contributed by atoms with Crippen molar-refractivity contribution < 1.29 is 45.5 Å². The summed E-state index contributed by atoms with van der Waals surface area (Å²) in [6.45, 7) is 11.6. The molecule has 1 saturated heterocycles. The number of quaternary nitrogens is 1. The molecule has 1 heterocycles. The molecule has 188 valence electrons. The average Bonchev–Trinajstić information content (AvgIpc) is 2.80. The van der Waals surface area contributed by atoms with Crippen LogP contribution in [-0.2, 0) is 16.0 Å². The van der Waals surface area contributed by atoms with Crippen molar-refractivity contribution in [3.8, 4) is 17.2 Å². The fourth-order valence-electron chi connectivity index (χ4n) is 6.49. The molecular weight excluding hydrogens is 486 g/mol. The van der Waals surface area contributed by atoms with Gasteiger partial charge in [-0.1, -0.05) is 13.8 Å². The molecule has 3 unspecified atom stereocenters. The van der Waals surface area contributed by atoms with Gasteiger partial charge in [-0.3, -0.25) is 0 Å². The van der Waals surface area contributed by atoms with E-state index in [1.165, 1.54) is 25.7 Å². The number of hydrogen-bond donors (Lipinski definition) is 1. The Balaban J connectivity index is 0.00000306. The summed E-state index contributed by atoms with van der Waals surface area (Å²) in [7, 11) is 3.21. The third kappa shape index (κ3) is 5.63. The van der Waals surface area contributed by atoms with E-state index in [0.29, 0.717) is 16.9 Å². The van der Waals surface area contributed by atoms with Gasteiger partial charge in [0.25, 0.3) is 0 Å². The Bertz CT molecular complexity index is 778. The van der Waals surface area contributed by atoms with Crippen LogP contribution in [0.2, 0.25) is 0 Å². The standard InChI is InChI=1S/C26H41NO5.BrH/c1-26(2)21-6-5-19(22(26)16-21)7-11-31-12-8-27(9-13-32-14-10-27)18-20-15-24(29-3)25(30-4)17-23(20)28;/h15,17,19,21-22H,5-14,16,18H2,1-4H3;1H. The molecule has 6 nitrogen and oxygen atoms in total. The third-order valence-corrected chi connectivity index (χ3v) is 8.85. The van der Waals surface area contributed by atoms with Crippen LogP contribution in [0.15, 0.2) is 12.1 Å². The average molecular weight is 529 g/mol. The Hall–Kier alpha value is -1.02. The van der Waals surface area contributed by atoms with E-state index in [2.05, 4.69) is 13.8 Å². The Morgan fingerprint density at radius 2 is 1.76 bits per heavy atom. The number of halogens is 1. The maximum atomic E-state index is 10.6. The molecule has 0 spiro atoms. The maximum Gasteiger partial charge on any atom is 0.164 e. The molecule has 3 saturated carbocycles. The highest BCUT2D eigenvalue weighted by atomic mass is 79.9. The first-order valence-electron chi connectivity index (χ1n) is 12.3. The Kier molecular flexibility index (Phi) is 8.98. The van der Waals surface area contributed by atoms with Gasteiger partial charge in [0, 0.05) is 12.7 Å². The van der Waals surface area contributed by atoms with Crippen LogP contribution < -0.4 is 26.5 Å². The van der Waals surface area contributed by atoms with E-state index in [0.717, 1.165) is 80.4 Å². The molecule has 4 aliphatic rings. The van der Waals surface area contributed by atoms with Crippen LogP contribution in [0.1, 0.15) is 45.1 Å². The minimum absolute atomic E-state index is 0. The van der Waals surface area contributed by atoms with Crippen LogP contribution in [-0.4, -0.2) is 69.9 Å². The molecule has 3 atom stereocenters. The van der Waals surface area contributed by atoms with E-state index in [4.69, 9.17) is 18.9 Å². The summed E-state index contributed by atoms with van der Waals surface area (Å²) in [5.41, 5.74) is 1.43. The van der Waals surface area contributed by atoms with Crippen LogP contribution >= 0.6 is 0 Å². The second kappa shape index (κ2) is 11.1. The number of fused-ring (bicyclic) bond motifs is 2. The lowest BCUT2D eigenvalue weighted by Gasteiger charge is -2.60. The first-order chi connectivity index (χ1) is 15.4. The van der Waals surface area contributed by atoms with E-state index < -0.39 is 0 Å². The quantitative estimate of drug-likeness (QED) is 0.366. The predicted molar refractivity (Wildman–Crippen MR) is 124 cm³/mol. The SMILES string of the molecule is COc1cc(O)c(C[N+]2(CCOCCC3CCC4CC3C4(C)C)CCOCC2)cc1OC.[Br-]. The monoisotopic (exact) mass is 527 g/mol. The second-order valence-corrected chi connectivity index (χ2v) is 10.7. The summed E-state index contributed by atoms with van der Waals surface area (Å²) in [4.78, 5) is 0. The lowest BCUT2D eigenvalue weighted by Crippen LogP contribution is -3.00. The topological polar surface area (TPSA) is 57.2 Å². The Morgan fingerprint density at radius 1 is 1.06 bits per heavy atom. The van der Waals surface area contributed by atoms with Gasteiger partial charge in [0.15, 0.2) is 11.5 Å². The summed E-state index contributed by atoms with van der Waals surface area (Å²) < 4.78 is 23.5. The van der Waals surface area contributed by atoms with Crippen molar-refractivity contribution in [1.82, 2.24) is 0 Å². The summed E-state index contributed by atoms with van der Waals surface area (Å²) in [6.07, 6.45) is 5.42. The lowest BCUT2D eigenvalue weighted by atomic mass is 9.45. The highest BCUT2D eigenvalue weighted by Gasteiger charge is 2.53. The number of nitrogens with zero attached hydrogens (tertiary/aromatic N) is 1. The Morgan fingerprint density at radius 3 is 2.39 bits per heavy atom. The molecule has 0 aromatic heterocycles. The summed E-state index contributed by atoms with van der Waals surface area (Å²) in [6, 6.07) is 3.56. The zero-order valence-corrected chi connectivity index (χ0v) is 22.4. The van der Waals surface area contributed by atoms with Crippen molar-refractivity contribution in [2.24, 2.45) is 23.2 Å². The molecule has 3 aliphatic carbocycles. The number of benzene rings is 1. The summed E-state index contributed by atoms with van der Waals surface area (Å²) >= 11 is 0. The number of aromatic hydroxyl groups is 1. The van der Waals surface area contributed by atoms with Crippen molar-refractivity contribution in [1.29, 1.82) is 0 Å². The largest absolute Gasteiger partial charge is 1.00 e. The molecular formula is C26H42BrNO5. The minimum atomic E-state index is 0. The van der Waals surface area contributed by atoms with Gasteiger partial charge in [0.2, 0.25) is 0 Å². The molecule has 33 heavy (non-hydrogen) atoms. The molecule has 1 N–H and O–H groups in total. The molecule has 2 bridgehead atoms. The van der Waals surface area contributed by atoms with Gasteiger partial charge >= 0.3 is 0 Å². The minimum Gasteiger partial charge on any atom is -1.00 e. The molecule has 0 radical (unpaired) electrons. The number of rotatable bonds is 10. The van der Waals surface area contributed by atoms with Gasteiger partial charge in [0.05, 0.1) is 39.6 Å². The number of phenolic OH excluding ortho intramolecular Hbond substituents is 1. The highest BCUT2D eigenvalue weighted by molar-refractivity contribution is 5.49. The van der Waals surface area contributed by atoms with Crippen LogP contribution in [0.25, 0.3) is 0 Å². The predicted octanol–water partition coefficient (Wildman–Crippen LogP) is 1.24. The number of methoxy groups -OCH3 is 2. The molecule has 0 amide bonds. The number of hydrogen-bond acceptors (Lipinski definition) is 5. The van der Waals surface area contributed by atoms with Gasteiger partial charge in [0.1, 0.15) is 31.9 Å².